The lowest BCUT2D eigenvalue weighted by Crippen LogP contribution is -2.03. The van der Waals surface area contributed by atoms with Crippen LogP contribution in [0.4, 0.5) is 0 Å². The van der Waals surface area contributed by atoms with Crippen LogP contribution in [0.25, 0.3) is 0 Å². The Morgan fingerprint density at radius 2 is 2.36 bits per heavy atom. The zero-order chi connectivity index (χ0) is 9.97. The maximum absolute atomic E-state index is 9.44. The molecule has 0 spiro atoms. The van der Waals surface area contributed by atoms with Gasteiger partial charge in [-0.1, -0.05) is 0 Å². The number of aromatic hydroxyl groups is 1. The van der Waals surface area contributed by atoms with E-state index in [9.17, 15) is 5.11 Å². The Morgan fingerprint density at radius 3 is 2.93 bits per heavy atom. The predicted molar refractivity (Wildman–Crippen MR) is 49.9 cm³/mol. The van der Waals surface area contributed by atoms with Crippen LogP contribution in [0.1, 0.15) is 0 Å². The number of hydrogen-bond donors (Lipinski definition) is 1. The highest BCUT2D eigenvalue weighted by Gasteiger charge is 2.23. The van der Waals surface area contributed by atoms with Gasteiger partial charge in [0.2, 0.25) is 0 Å². The quantitative estimate of drug-likeness (QED) is 0.734. The van der Waals surface area contributed by atoms with Gasteiger partial charge in [-0.05, 0) is 12.1 Å². The van der Waals surface area contributed by atoms with Gasteiger partial charge in [0.25, 0.3) is 0 Å². The highest BCUT2D eigenvalue weighted by Crippen LogP contribution is 2.30. The van der Waals surface area contributed by atoms with Crippen LogP contribution in [0, 0.1) is 0 Å². The largest absolute Gasteiger partial charge is 0.504 e. The van der Waals surface area contributed by atoms with Crippen molar-refractivity contribution in [3.05, 3.63) is 18.2 Å². The lowest BCUT2D eigenvalue weighted by molar-refractivity contribution is 0.261. The summed E-state index contributed by atoms with van der Waals surface area (Å²) in [5.41, 5.74) is 0. The summed E-state index contributed by atoms with van der Waals surface area (Å²) in [7, 11) is 1.51. The number of phenolic OH excluding ortho intramolecular Hbond substituents is 1. The Morgan fingerprint density at radius 1 is 1.57 bits per heavy atom. The lowest BCUT2D eigenvalue weighted by Gasteiger charge is -2.07. The zero-order valence-electron chi connectivity index (χ0n) is 7.90. The molecule has 4 heteroatoms. The molecule has 1 saturated heterocycles. The molecule has 0 aliphatic carbocycles. The molecule has 0 saturated carbocycles. The molecule has 1 aromatic carbocycles. The summed E-state index contributed by atoms with van der Waals surface area (Å²) in [4.78, 5) is 0. The highest BCUT2D eigenvalue weighted by atomic mass is 16.6. The number of phenols is 1. The van der Waals surface area contributed by atoms with E-state index in [1.54, 1.807) is 12.1 Å². The molecule has 0 bridgehead atoms. The maximum Gasteiger partial charge on any atom is 0.161 e. The first kappa shape index (κ1) is 9.15. The second-order valence-electron chi connectivity index (χ2n) is 3.10. The van der Waals surface area contributed by atoms with Crippen molar-refractivity contribution < 1.29 is 19.3 Å². The van der Waals surface area contributed by atoms with E-state index >= 15 is 0 Å². The Balaban J connectivity index is 1.99. The second kappa shape index (κ2) is 3.75. The van der Waals surface area contributed by atoms with Crippen LogP contribution in [0.5, 0.6) is 17.2 Å². The summed E-state index contributed by atoms with van der Waals surface area (Å²) in [5, 5.41) is 9.44. The Bertz CT molecular complexity index is 320. The fraction of sp³-hybridized carbons (Fsp3) is 0.400. The van der Waals surface area contributed by atoms with E-state index in [1.807, 2.05) is 0 Å². The van der Waals surface area contributed by atoms with Crippen LogP contribution in [0.2, 0.25) is 0 Å². The molecule has 1 atom stereocenters. The number of benzene rings is 1. The van der Waals surface area contributed by atoms with Crippen molar-refractivity contribution in [3.8, 4) is 17.2 Å². The van der Waals surface area contributed by atoms with Gasteiger partial charge in [-0.3, -0.25) is 0 Å². The van der Waals surface area contributed by atoms with Gasteiger partial charge in [0, 0.05) is 6.07 Å². The molecule has 1 heterocycles. The third kappa shape index (κ3) is 2.09. The monoisotopic (exact) mass is 196 g/mol. The number of rotatable bonds is 4. The Hall–Kier alpha value is -1.42. The standard InChI is InChI=1S/C10H12O4/c1-12-10-3-2-7(4-9(10)11)13-5-8-6-14-8/h2-4,8,11H,5-6H2,1H3. The molecular weight excluding hydrogens is 184 g/mol. The SMILES string of the molecule is COc1ccc(OCC2CO2)cc1O. The van der Waals surface area contributed by atoms with Crippen molar-refractivity contribution >= 4 is 0 Å². The van der Waals surface area contributed by atoms with Crippen LogP contribution in [0.3, 0.4) is 0 Å². The van der Waals surface area contributed by atoms with Gasteiger partial charge in [-0.15, -0.1) is 0 Å². The summed E-state index contributed by atoms with van der Waals surface area (Å²) in [5.74, 6) is 1.15. The minimum Gasteiger partial charge on any atom is -0.504 e. The fourth-order valence-electron chi connectivity index (χ4n) is 1.11. The third-order valence-electron chi connectivity index (χ3n) is 1.99. The number of epoxide rings is 1. The lowest BCUT2D eigenvalue weighted by atomic mass is 10.3. The van der Waals surface area contributed by atoms with Gasteiger partial charge in [0.15, 0.2) is 11.5 Å². The number of hydrogen-bond acceptors (Lipinski definition) is 4. The predicted octanol–water partition coefficient (Wildman–Crippen LogP) is 1.18. The minimum atomic E-state index is 0.0849. The van der Waals surface area contributed by atoms with Crippen molar-refractivity contribution in [2.45, 2.75) is 6.10 Å². The van der Waals surface area contributed by atoms with Crippen LogP contribution < -0.4 is 9.47 Å². The summed E-state index contributed by atoms with van der Waals surface area (Å²) in [6.07, 6.45) is 0.222. The van der Waals surface area contributed by atoms with Crippen molar-refractivity contribution in [2.75, 3.05) is 20.3 Å². The third-order valence-corrected chi connectivity index (χ3v) is 1.99. The van der Waals surface area contributed by atoms with Crippen LogP contribution >= 0.6 is 0 Å². The van der Waals surface area contributed by atoms with E-state index in [1.165, 1.54) is 13.2 Å². The van der Waals surface area contributed by atoms with Crippen molar-refractivity contribution in [1.82, 2.24) is 0 Å². The molecule has 0 radical (unpaired) electrons. The second-order valence-corrected chi connectivity index (χ2v) is 3.10. The molecule has 76 valence electrons. The molecule has 1 unspecified atom stereocenters. The highest BCUT2D eigenvalue weighted by molar-refractivity contribution is 5.44. The number of methoxy groups -OCH3 is 1. The smallest absolute Gasteiger partial charge is 0.161 e. The van der Waals surface area contributed by atoms with Crippen LogP contribution in [0.15, 0.2) is 18.2 Å². The van der Waals surface area contributed by atoms with E-state index in [0.717, 1.165) is 6.61 Å². The molecule has 0 amide bonds. The summed E-state index contributed by atoms with van der Waals surface area (Å²) in [6.45, 7) is 1.30. The molecule has 1 N–H and O–H groups in total. The van der Waals surface area contributed by atoms with Crippen LogP contribution in [-0.4, -0.2) is 31.5 Å². The van der Waals surface area contributed by atoms with Crippen molar-refractivity contribution in [1.29, 1.82) is 0 Å². The molecule has 1 aromatic rings. The molecule has 0 aromatic heterocycles. The van der Waals surface area contributed by atoms with Crippen molar-refractivity contribution in [2.24, 2.45) is 0 Å². The molecule has 1 fully saturated rings. The first-order valence-electron chi connectivity index (χ1n) is 4.41. The van der Waals surface area contributed by atoms with Gasteiger partial charge in [0.1, 0.15) is 18.5 Å². The van der Waals surface area contributed by atoms with E-state index in [-0.39, 0.29) is 11.9 Å². The van der Waals surface area contributed by atoms with E-state index in [2.05, 4.69) is 0 Å². The normalized spacial score (nSPS) is 19.1. The van der Waals surface area contributed by atoms with Crippen molar-refractivity contribution in [3.63, 3.8) is 0 Å². The first-order chi connectivity index (χ1) is 6.79. The summed E-state index contributed by atoms with van der Waals surface area (Å²) < 4.78 is 15.3. The molecule has 1 aliphatic heterocycles. The zero-order valence-corrected chi connectivity index (χ0v) is 7.90. The molecule has 4 nitrogen and oxygen atoms in total. The summed E-state index contributed by atoms with van der Waals surface area (Å²) in [6, 6.07) is 4.95. The topological polar surface area (TPSA) is 51.2 Å². The van der Waals surface area contributed by atoms with Gasteiger partial charge in [-0.2, -0.15) is 0 Å². The average Bonchev–Trinajstić information content (AvgIpc) is 2.98. The van der Waals surface area contributed by atoms with Gasteiger partial charge >= 0.3 is 0 Å². The fourth-order valence-corrected chi connectivity index (χ4v) is 1.11. The van der Waals surface area contributed by atoms with E-state index in [0.29, 0.717) is 18.1 Å². The Labute approximate surface area is 82.0 Å². The van der Waals surface area contributed by atoms with Crippen LogP contribution in [-0.2, 0) is 4.74 Å². The number of ether oxygens (including phenoxy) is 3. The maximum atomic E-state index is 9.44. The molecular formula is C10H12O4. The summed E-state index contributed by atoms with van der Waals surface area (Å²) >= 11 is 0. The van der Waals surface area contributed by atoms with Gasteiger partial charge in [-0.25, -0.2) is 0 Å². The molecule has 2 rings (SSSR count). The molecule has 14 heavy (non-hydrogen) atoms. The first-order valence-corrected chi connectivity index (χ1v) is 4.41. The van der Waals surface area contributed by atoms with E-state index < -0.39 is 0 Å². The van der Waals surface area contributed by atoms with Gasteiger partial charge < -0.3 is 19.3 Å². The molecule has 1 aliphatic rings. The minimum absolute atomic E-state index is 0.0849. The van der Waals surface area contributed by atoms with E-state index in [4.69, 9.17) is 14.2 Å². The Kier molecular flexibility index (Phi) is 2.45. The van der Waals surface area contributed by atoms with Gasteiger partial charge in [0.05, 0.1) is 13.7 Å². The average molecular weight is 196 g/mol.